The van der Waals surface area contributed by atoms with Gasteiger partial charge < -0.3 is 9.11 Å². The monoisotopic (exact) mass is 266 g/mol. The van der Waals surface area contributed by atoms with Gasteiger partial charge in [0.05, 0.1) is 20.2 Å². The summed E-state index contributed by atoms with van der Waals surface area (Å²) in [4.78, 5) is 0. The molecule has 0 spiro atoms. The van der Waals surface area contributed by atoms with E-state index in [4.69, 9.17) is 0 Å². The Morgan fingerprint density at radius 3 is 1.33 bits per heavy atom. The summed E-state index contributed by atoms with van der Waals surface area (Å²) in [5.74, 6) is -6.23. The zero-order chi connectivity index (χ0) is 12.3. The van der Waals surface area contributed by atoms with E-state index < -0.39 is 50.5 Å². The molecule has 0 aliphatic rings. The van der Waals surface area contributed by atoms with Gasteiger partial charge in [-0.15, -0.1) is 0 Å². The molecule has 0 bridgehead atoms. The van der Waals surface area contributed by atoms with E-state index in [2.05, 4.69) is 0 Å². The summed E-state index contributed by atoms with van der Waals surface area (Å²) in [6.45, 7) is 0. The molecule has 0 atom stereocenters. The van der Waals surface area contributed by atoms with E-state index >= 15 is 0 Å². The van der Waals surface area contributed by atoms with Crippen molar-refractivity contribution in [3.63, 3.8) is 0 Å². The van der Waals surface area contributed by atoms with Crippen molar-refractivity contribution in [1.82, 2.24) is 0 Å². The highest BCUT2D eigenvalue weighted by Gasteiger charge is 2.29. The molecule has 0 rings (SSSR count). The van der Waals surface area contributed by atoms with Gasteiger partial charge in [0.1, 0.15) is 0 Å². The van der Waals surface area contributed by atoms with Crippen molar-refractivity contribution in [2.45, 2.75) is 18.8 Å². The lowest BCUT2D eigenvalue weighted by atomic mass is 10.2. The molecule has 0 N–H and O–H groups in total. The first kappa shape index (κ1) is 14.7. The highest BCUT2D eigenvalue weighted by atomic mass is 32.2. The average Bonchev–Trinajstić information content (AvgIpc) is 1.96. The maximum atomic E-state index is 12.7. The van der Waals surface area contributed by atoms with Gasteiger partial charge in [-0.05, 0) is 0 Å². The summed E-state index contributed by atoms with van der Waals surface area (Å²) in [5, 5.41) is 0. The smallest absolute Gasteiger partial charge is 0.250 e. The second-order valence-corrected chi connectivity index (χ2v) is 5.93. The van der Waals surface area contributed by atoms with E-state index in [1.165, 1.54) is 0 Å². The van der Waals surface area contributed by atoms with Crippen LogP contribution in [-0.4, -0.2) is 43.4 Å². The molecule has 0 heterocycles. The lowest BCUT2D eigenvalue weighted by molar-refractivity contribution is -0.00563. The molecule has 0 fully saturated rings. The van der Waals surface area contributed by atoms with Crippen LogP contribution >= 0.6 is 0 Å². The maximum absolute atomic E-state index is 12.7. The van der Waals surface area contributed by atoms with E-state index in [0.29, 0.717) is 0 Å². The molecule has 6 nitrogen and oxygen atoms in total. The van der Waals surface area contributed by atoms with Crippen LogP contribution in [0.5, 0.6) is 0 Å². The molecular weight excluding hydrogens is 258 g/mol. The Morgan fingerprint density at radius 2 is 1.13 bits per heavy atom. The zero-order valence-corrected chi connectivity index (χ0v) is 8.98. The minimum absolute atomic E-state index is 1.28. The van der Waals surface area contributed by atoms with Crippen molar-refractivity contribution >= 4 is 20.2 Å². The Hall–Kier alpha value is -0.320. The minimum atomic E-state index is -4.77. The fourth-order valence-electron chi connectivity index (χ4n) is 0.674. The van der Waals surface area contributed by atoms with Crippen LogP contribution in [0.15, 0.2) is 0 Å². The second-order valence-electron chi connectivity index (χ2n) is 2.88. The van der Waals surface area contributed by atoms with E-state index in [1.807, 2.05) is 0 Å². The van der Waals surface area contributed by atoms with Gasteiger partial charge in [-0.1, -0.05) is 0 Å². The minimum Gasteiger partial charge on any atom is -0.748 e. The van der Waals surface area contributed by atoms with Crippen LogP contribution in [0.4, 0.5) is 8.78 Å². The van der Waals surface area contributed by atoms with E-state index in [9.17, 15) is 34.7 Å². The van der Waals surface area contributed by atoms with E-state index in [0.717, 1.165) is 0 Å². The van der Waals surface area contributed by atoms with Crippen LogP contribution in [0.3, 0.4) is 0 Å². The standard InChI is InChI=1S/C5H10F2O6S2/c6-5(7,1-3-14(8,9)10)2-4-15(11,12)13/h1-4H2,(H,8,9,10)(H,11,12,13)/p-2. The van der Waals surface area contributed by atoms with Gasteiger partial charge in [0, 0.05) is 24.3 Å². The Bertz CT molecular complexity index is 359. The van der Waals surface area contributed by atoms with Crippen molar-refractivity contribution in [1.29, 1.82) is 0 Å². The van der Waals surface area contributed by atoms with Crippen LogP contribution in [0.25, 0.3) is 0 Å². The molecule has 0 aromatic carbocycles. The summed E-state index contributed by atoms with van der Waals surface area (Å²) in [7, 11) is -9.54. The highest BCUT2D eigenvalue weighted by Crippen LogP contribution is 2.23. The van der Waals surface area contributed by atoms with Crippen LogP contribution in [0, 0.1) is 0 Å². The molecule has 0 saturated carbocycles. The maximum Gasteiger partial charge on any atom is 0.250 e. The molecule has 92 valence electrons. The third kappa shape index (κ3) is 9.97. The molecular formula is C5H8F2O6S2-2. The Balaban J connectivity index is 4.21. The Morgan fingerprint density at radius 1 is 0.867 bits per heavy atom. The fraction of sp³-hybridized carbons (Fsp3) is 1.00. The normalized spacial score (nSPS) is 14.1. The summed E-state index contributed by atoms with van der Waals surface area (Å²) < 4.78 is 85.4. The number of alkyl halides is 2. The predicted octanol–water partition coefficient (Wildman–Crippen LogP) is -0.508. The predicted molar refractivity (Wildman–Crippen MR) is 43.3 cm³/mol. The molecule has 15 heavy (non-hydrogen) atoms. The summed E-state index contributed by atoms with van der Waals surface area (Å²) in [6.07, 6.45) is -2.57. The molecule has 0 aromatic heterocycles. The Kier molecular flexibility index (Phi) is 4.58. The summed E-state index contributed by atoms with van der Waals surface area (Å²) in [5.41, 5.74) is 0. The summed E-state index contributed by atoms with van der Waals surface area (Å²) >= 11 is 0. The van der Waals surface area contributed by atoms with E-state index in [1.54, 1.807) is 0 Å². The van der Waals surface area contributed by atoms with Crippen LogP contribution < -0.4 is 0 Å². The number of halogens is 2. The van der Waals surface area contributed by atoms with Crippen LogP contribution in [0.2, 0.25) is 0 Å². The van der Waals surface area contributed by atoms with Crippen molar-refractivity contribution in [2.75, 3.05) is 11.5 Å². The number of hydrogen-bond donors (Lipinski definition) is 0. The zero-order valence-electron chi connectivity index (χ0n) is 7.35. The SMILES string of the molecule is O=S(=O)([O-])CCC(F)(F)CCS(=O)(=O)[O-]. The van der Waals surface area contributed by atoms with E-state index in [-0.39, 0.29) is 0 Å². The number of rotatable bonds is 6. The average molecular weight is 266 g/mol. The lowest BCUT2D eigenvalue weighted by Crippen LogP contribution is -2.24. The third-order valence-electron chi connectivity index (χ3n) is 1.44. The summed E-state index contributed by atoms with van der Waals surface area (Å²) in [6, 6.07) is 0. The highest BCUT2D eigenvalue weighted by molar-refractivity contribution is 7.85. The van der Waals surface area contributed by atoms with Gasteiger partial charge in [0.15, 0.2) is 0 Å². The van der Waals surface area contributed by atoms with Gasteiger partial charge in [0.2, 0.25) is 5.92 Å². The number of hydrogen-bond acceptors (Lipinski definition) is 6. The van der Waals surface area contributed by atoms with Gasteiger partial charge in [-0.25, -0.2) is 25.6 Å². The molecule has 0 aliphatic carbocycles. The molecule has 0 saturated heterocycles. The molecule has 10 heteroatoms. The Labute approximate surface area is 85.8 Å². The first-order valence-electron chi connectivity index (χ1n) is 3.66. The molecule has 0 aliphatic heterocycles. The second kappa shape index (κ2) is 4.68. The molecule has 0 amide bonds. The molecule has 0 unspecified atom stereocenters. The van der Waals surface area contributed by atoms with Crippen LogP contribution in [0.1, 0.15) is 12.8 Å². The molecule has 0 radical (unpaired) electrons. The first-order chi connectivity index (χ1) is 6.41. The quantitative estimate of drug-likeness (QED) is 0.598. The van der Waals surface area contributed by atoms with Gasteiger partial charge >= 0.3 is 0 Å². The van der Waals surface area contributed by atoms with Crippen molar-refractivity contribution in [3.8, 4) is 0 Å². The first-order valence-corrected chi connectivity index (χ1v) is 6.82. The fourth-order valence-corrected chi connectivity index (χ4v) is 1.77. The van der Waals surface area contributed by atoms with Crippen LogP contribution in [-0.2, 0) is 20.2 Å². The topological polar surface area (TPSA) is 114 Å². The van der Waals surface area contributed by atoms with Crippen molar-refractivity contribution < 1.29 is 34.7 Å². The van der Waals surface area contributed by atoms with Gasteiger partial charge in [-0.3, -0.25) is 0 Å². The third-order valence-corrected chi connectivity index (χ3v) is 2.84. The lowest BCUT2D eigenvalue weighted by Gasteiger charge is -2.18. The molecule has 0 aromatic rings. The van der Waals surface area contributed by atoms with Crippen molar-refractivity contribution in [3.05, 3.63) is 0 Å². The van der Waals surface area contributed by atoms with Gasteiger partial charge in [-0.2, -0.15) is 0 Å². The largest absolute Gasteiger partial charge is 0.748 e. The van der Waals surface area contributed by atoms with Crippen molar-refractivity contribution in [2.24, 2.45) is 0 Å². The van der Waals surface area contributed by atoms with Gasteiger partial charge in [0.25, 0.3) is 0 Å².